The third-order valence-corrected chi connectivity index (χ3v) is 3.86. The molecule has 26 heavy (non-hydrogen) atoms. The Morgan fingerprint density at radius 2 is 1.15 bits per heavy atom. The molecule has 130 valence electrons. The van der Waals surface area contributed by atoms with Crippen molar-refractivity contribution in [1.82, 2.24) is 0 Å². The van der Waals surface area contributed by atoms with Gasteiger partial charge in [0, 0.05) is 17.1 Å². The van der Waals surface area contributed by atoms with Crippen LogP contribution in [0.5, 0.6) is 0 Å². The molecule has 5 nitrogen and oxygen atoms in total. The average Bonchev–Trinajstić information content (AvgIpc) is 2.66. The summed E-state index contributed by atoms with van der Waals surface area (Å²) in [7, 11) is 0. The zero-order valence-corrected chi connectivity index (χ0v) is 14.5. The average molecular weight is 366 g/mol. The van der Waals surface area contributed by atoms with Crippen LogP contribution in [-0.2, 0) is 9.59 Å². The molecule has 0 radical (unpaired) electrons. The lowest BCUT2D eigenvalue weighted by Gasteiger charge is -2.09. The van der Waals surface area contributed by atoms with Gasteiger partial charge in [-0.15, -0.1) is 0 Å². The molecule has 6 heteroatoms. The van der Waals surface area contributed by atoms with Crippen LogP contribution in [0, 0.1) is 0 Å². The quantitative estimate of drug-likeness (QED) is 0.589. The number of para-hydroxylation sites is 2. The predicted molar refractivity (Wildman–Crippen MR) is 105 cm³/mol. The topological polar surface area (TPSA) is 70.2 Å². The maximum atomic E-state index is 12.0. The van der Waals surface area contributed by atoms with E-state index in [1.807, 2.05) is 42.5 Å². The number of benzene rings is 3. The molecule has 0 bridgehead atoms. The first-order chi connectivity index (χ1) is 12.6. The van der Waals surface area contributed by atoms with Crippen LogP contribution in [0.2, 0.25) is 5.02 Å². The van der Waals surface area contributed by atoms with Gasteiger partial charge in [0.1, 0.15) is 0 Å². The van der Waals surface area contributed by atoms with Gasteiger partial charge in [0.15, 0.2) is 0 Å². The molecule has 0 saturated carbocycles. The molecule has 2 amide bonds. The molecule has 0 aliphatic heterocycles. The van der Waals surface area contributed by atoms with E-state index in [4.69, 9.17) is 11.6 Å². The van der Waals surface area contributed by atoms with Gasteiger partial charge in [-0.25, -0.2) is 0 Å². The molecular weight excluding hydrogens is 350 g/mol. The van der Waals surface area contributed by atoms with Crippen LogP contribution < -0.4 is 16.0 Å². The fraction of sp³-hybridized carbons (Fsp3) is 0. The number of nitrogens with one attached hydrogen (secondary N) is 3. The monoisotopic (exact) mass is 365 g/mol. The van der Waals surface area contributed by atoms with Crippen LogP contribution >= 0.6 is 11.6 Å². The number of carbonyl (C=O) groups excluding carboxylic acids is 2. The summed E-state index contributed by atoms with van der Waals surface area (Å²) >= 11 is 5.96. The molecule has 0 aliphatic carbocycles. The first-order valence-electron chi connectivity index (χ1n) is 7.91. The summed E-state index contributed by atoms with van der Waals surface area (Å²) in [5.41, 5.74) is 2.73. The molecule has 0 saturated heterocycles. The van der Waals surface area contributed by atoms with Crippen LogP contribution in [0.4, 0.5) is 22.7 Å². The molecule has 0 unspecified atom stereocenters. The standard InChI is InChI=1S/C20H16ClN3O2/c21-17-8-4-5-9-18(17)24-20(26)19(25)23-16-12-10-15(11-13-16)22-14-6-2-1-3-7-14/h1-13,22H,(H,23,25)(H,24,26). The van der Waals surface area contributed by atoms with Crippen molar-refractivity contribution in [3.8, 4) is 0 Å². The predicted octanol–water partition coefficient (Wildman–Crippen LogP) is 4.66. The van der Waals surface area contributed by atoms with Gasteiger partial charge >= 0.3 is 11.8 Å². The zero-order valence-electron chi connectivity index (χ0n) is 13.7. The number of rotatable bonds is 4. The molecule has 3 rings (SSSR count). The maximum Gasteiger partial charge on any atom is 0.314 e. The van der Waals surface area contributed by atoms with Crippen molar-refractivity contribution in [2.75, 3.05) is 16.0 Å². The highest BCUT2D eigenvalue weighted by Gasteiger charge is 2.15. The van der Waals surface area contributed by atoms with E-state index in [1.165, 1.54) is 0 Å². The first-order valence-corrected chi connectivity index (χ1v) is 8.28. The molecule has 0 atom stereocenters. The van der Waals surface area contributed by atoms with Crippen LogP contribution in [0.15, 0.2) is 78.9 Å². The van der Waals surface area contributed by atoms with E-state index in [-0.39, 0.29) is 0 Å². The second kappa shape index (κ2) is 8.18. The minimum atomic E-state index is -0.787. The summed E-state index contributed by atoms with van der Waals surface area (Å²) in [5, 5.41) is 8.63. The fourth-order valence-corrected chi connectivity index (χ4v) is 2.44. The normalized spacial score (nSPS) is 10.0. The van der Waals surface area contributed by atoms with E-state index in [0.717, 1.165) is 11.4 Å². The largest absolute Gasteiger partial charge is 0.356 e. The number of hydrogen-bond acceptors (Lipinski definition) is 3. The van der Waals surface area contributed by atoms with Gasteiger partial charge in [-0.05, 0) is 48.5 Å². The van der Waals surface area contributed by atoms with Crippen molar-refractivity contribution < 1.29 is 9.59 Å². The van der Waals surface area contributed by atoms with Gasteiger partial charge in [-0.2, -0.15) is 0 Å². The smallest absolute Gasteiger partial charge is 0.314 e. The second-order valence-corrected chi connectivity index (χ2v) is 5.86. The summed E-state index contributed by atoms with van der Waals surface area (Å²) in [4.78, 5) is 24.0. The van der Waals surface area contributed by atoms with Crippen molar-refractivity contribution >= 4 is 46.2 Å². The van der Waals surface area contributed by atoms with Gasteiger partial charge in [0.2, 0.25) is 0 Å². The van der Waals surface area contributed by atoms with Crippen molar-refractivity contribution in [1.29, 1.82) is 0 Å². The summed E-state index contributed by atoms with van der Waals surface area (Å²) in [6.45, 7) is 0. The Bertz CT molecular complexity index is 912. The summed E-state index contributed by atoms with van der Waals surface area (Å²) < 4.78 is 0. The Labute approximate surface area is 156 Å². The molecular formula is C20H16ClN3O2. The van der Waals surface area contributed by atoms with Crippen LogP contribution in [0.3, 0.4) is 0 Å². The summed E-state index contributed by atoms with van der Waals surface area (Å²) in [6.07, 6.45) is 0. The number of hydrogen-bond donors (Lipinski definition) is 3. The number of amides is 2. The van der Waals surface area contributed by atoms with Crippen LogP contribution in [-0.4, -0.2) is 11.8 Å². The molecule has 0 spiro atoms. The van der Waals surface area contributed by atoms with E-state index in [1.54, 1.807) is 36.4 Å². The number of carbonyl (C=O) groups is 2. The highest BCUT2D eigenvalue weighted by molar-refractivity contribution is 6.44. The molecule has 0 aromatic heterocycles. The molecule has 3 aromatic carbocycles. The van der Waals surface area contributed by atoms with Crippen molar-refractivity contribution in [3.63, 3.8) is 0 Å². The maximum absolute atomic E-state index is 12.0. The first kappa shape index (κ1) is 17.5. The van der Waals surface area contributed by atoms with E-state index in [0.29, 0.717) is 16.4 Å². The fourth-order valence-electron chi connectivity index (χ4n) is 2.25. The SMILES string of the molecule is O=C(Nc1ccc(Nc2ccccc2)cc1)C(=O)Nc1ccccc1Cl. The van der Waals surface area contributed by atoms with E-state index < -0.39 is 11.8 Å². The molecule has 3 aromatic rings. The third-order valence-electron chi connectivity index (χ3n) is 3.53. The minimum Gasteiger partial charge on any atom is -0.356 e. The third kappa shape index (κ3) is 4.62. The second-order valence-electron chi connectivity index (χ2n) is 5.46. The number of anilines is 4. The van der Waals surface area contributed by atoms with Crippen molar-refractivity contribution in [2.24, 2.45) is 0 Å². The minimum absolute atomic E-state index is 0.366. The lowest BCUT2D eigenvalue weighted by atomic mass is 10.2. The van der Waals surface area contributed by atoms with E-state index in [9.17, 15) is 9.59 Å². The molecule has 0 fully saturated rings. The van der Waals surface area contributed by atoms with Gasteiger partial charge in [0.25, 0.3) is 0 Å². The van der Waals surface area contributed by atoms with E-state index >= 15 is 0 Å². The Balaban J connectivity index is 1.59. The summed E-state index contributed by atoms with van der Waals surface area (Å²) in [6, 6.07) is 23.5. The summed E-state index contributed by atoms with van der Waals surface area (Å²) in [5.74, 6) is -1.56. The molecule has 0 heterocycles. The van der Waals surface area contributed by atoms with Crippen molar-refractivity contribution in [2.45, 2.75) is 0 Å². The van der Waals surface area contributed by atoms with Gasteiger partial charge in [-0.3, -0.25) is 9.59 Å². The lowest BCUT2D eigenvalue weighted by molar-refractivity contribution is -0.132. The Kier molecular flexibility index (Phi) is 5.51. The van der Waals surface area contributed by atoms with Gasteiger partial charge in [0.05, 0.1) is 10.7 Å². The zero-order chi connectivity index (χ0) is 18.4. The highest BCUT2D eigenvalue weighted by Crippen LogP contribution is 2.21. The Hall–Kier alpha value is -3.31. The van der Waals surface area contributed by atoms with Gasteiger partial charge < -0.3 is 16.0 Å². The van der Waals surface area contributed by atoms with Crippen LogP contribution in [0.25, 0.3) is 0 Å². The van der Waals surface area contributed by atoms with Gasteiger partial charge in [-0.1, -0.05) is 41.9 Å². The molecule has 0 aliphatic rings. The molecule has 3 N–H and O–H groups in total. The van der Waals surface area contributed by atoms with Crippen molar-refractivity contribution in [3.05, 3.63) is 83.9 Å². The van der Waals surface area contributed by atoms with Crippen LogP contribution in [0.1, 0.15) is 0 Å². The highest BCUT2D eigenvalue weighted by atomic mass is 35.5. The Morgan fingerprint density at radius 1 is 0.615 bits per heavy atom. The van der Waals surface area contributed by atoms with E-state index in [2.05, 4.69) is 16.0 Å². The lowest BCUT2D eigenvalue weighted by Crippen LogP contribution is -2.29. The number of halogens is 1. The Morgan fingerprint density at radius 3 is 1.85 bits per heavy atom.